The van der Waals surface area contributed by atoms with Crippen LogP contribution in [0.4, 0.5) is 0 Å². The lowest BCUT2D eigenvalue weighted by Gasteiger charge is -2.22. The summed E-state index contributed by atoms with van der Waals surface area (Å²) in [5.41, 5.74) is 4.19. The van der Waals surface area contributed by atoms with Crippen LogP contribution in [0.15, 0.2) is 24.3 Å². The topological polar surface area (TPSA) is 44.8 Å². The second-order valence-corrected chi connectivity index (χ2v) is 9.49. The van der Waals surface area contributed by atoms with Gasteiger partial charge in [0.15, 0.2) is 5.52 Å². The molecule has 2 rings (SSSR count). The van der Waals surface area contributed by atoms with Crippen molar-refractivity contribution in [2.75, 3.05) is 19.8 Å². The summed E-state index contributed by atoms with van der Waals surface area (Å²) in [5.74, 6) is 1.99. The minimum absolute atomic E-state index is 0.0404. The average molecular weight is 431 g/mol. The lowest BCUT2D eigenvalue weighted by Crippen LogP contribution is -2.15. The molecule has 0 fully saturated rings. The number of benzene rings is 2. The Labute approximate surface area is 183 Å². The van der Waals surface area contributed by atoms with E-state index in [1.807, 2.05) is 46.8 Å². The Morgan fingerprint density at radius 3 is 1.70 bits per heavy atom. The molecular weight excluding hydrogens is 395 g/mol. The van der Waals surface area contributed by atoms with Gasteiger partial charge >= 0.3 is 0 Å². The van der Waals surface area contributed by atoms with E-state index in [-0.39, 0.29) is 19.5 Å². The second kappa shape index (κ2) is 10.3. The van der Waals surface area contributed by atoms with Crippen LogP contribution in [0.1, 0.15) is 68.6 Å². The Morgan fingerprint density at radius 1 is 0.833 bits per heavy atom. The quantitative estimate of drug-likeness (QED) is 0.462. The van der Waals surface area contributed by atoms with Crippen molar-refractivity contribution in [2.24, 2.45) is 0 Å². The maximum atomic E-state index is 13.4. The van der Waals surface area contributed by atoms with Gasteiger partial charge in [0.05, 0.1) is 25.1 Å². The van der Waals surface area contributed by atoms with Gasteiger partial charge in [0.1, 0.15) is 17.2 Å². The zero-order chi connectivity index (χ0) is 22.5. The van der Waals surface area contributed by atoms with Gasteiger partial charge in [0, 0.05) is 17.7 Å². The van der Waals surface area contributed by atoms with E-state index in [1.54, 1.807) is 0 Å². The number of carbonyl (C=O) groups excluding carboxylic acids is 1. The fourth-order valence-corrected chi connectivity index (χ4v) is 4.69. The van der Waals surface area contributed by atoms with Gasteiger partial charge in [-0.3, -0.25) is 4.79 Å². The summed E-state index contributed by atoms with van der Waals surface area (Å²) >= 11 is 0. The monoisotopic (exact) mass is 430 g/mol. The van der Waals surface area contributed by atoms with Gasteiger partial charge in [-0.2, -0.15) is 0 Å². The summed E-state index contributed by atoms with van der Waals surface area (Å²) in [6, 6.07) is 7.98. The lowest BCUT2D eigenvalue weighted by molar-refractivity contribution is 0.108. The van der Waals surface area contributed by atoms with Crippen molar-refractivity contribution < 1.29 is 19.0 Å². The first-order valence-electron chi connectivity index (χ1n) is 10.6. The minimum Gasteiger partial charge on any atom is -0.494 e. The van der Waals surface area contributed by atoms with Crippen molar-refractivity contribution in [2.45, 2.75) is 60.8 Å². The normalized spacial score (nSPS) is 11.7. The van der Waals surface area contributed by atoms with Crippen LogP contribution in [0, 0.1) is 13.8 Å². The summed E-state index contributed by atoms with van der Waals surface area (Å²) in [6.45, 7) is 18.0. The molecule has 2 aromatic carbocycles. The molecule has 5 heteroatoms. The maximum Gasteiger partial charge on any atom is 0.186 e. The number of ether oxygens (including phenoxy) is 3. The van der Waals surface area contributed by atoms with Crippen molar-refractivity contribution in [1.29, 1.82) is 0 Å². The van der Waals surface area contributed by atoms with E-state index in [2.05, 4.69) is 32.9 Å². The first-order chi connectivity index (χ1) is 14.1. The smallest absolute Gasteiger partial charge is 0.186 e. The Bertz CT molecular complexity index is 846. The Balaban J connectivity index is 2.49. The van der Waals surface area contributed by atoms with Crippen molar-refractivity contribution in [3.05, 3.63) is 46.5 Å². The molecule has 0 aliphatic rings. The molecular formula is C25H35O4P. The fourth-order valence-electron chi connectivity index (χ4n) is 3.41. The molecule has 0 heterocycles. The largest absolute Gasteiger partial charge is 0.494 e. The maximum absolute atomic E-state index is 13.4. The molecule has 1 unspecified atom stereocenters. The van der Waals surface area contributed by atoms with Gasteiger partial charge in [-0.1, -0.05) is 32.9 Å². The van der Waals surface area contributed by atoms with Crippen LogP contribution in [0.5, 0.6) is 17.2 Å². The van der Waals surface area contributed by atoms with E-state index >= 15 is 0 Å². The third-order valence-electron chi connectivity index (χ3n) is 4.81. The highest BCUT2D eigenvalue weighted by molar-refractivity contribution is 7.66. The molecule has 1 atom stereocenters. The van der Waals surface area contributed by atoms with E-state index in [4.69, 9.17) is 14.2 Å². The van der Waals surface area contributed by atoms with Crippen LogP contribution in [0.25, 0.3) is 0 Å². The van der Waals surface area contributed by atoms with E-state index in [0.29, 0.717) is 37.1 Å². The molecule has 30 heavy (non-hydrogen) atoms. The molecule has 0 aliphatic carbocycles. The summed E-state index contributed by atoms with van der Waals surface area (Å²) in [5, 5.41) is 0.797. The van der Waals surface area contributed by atoms with Gasteiger partial charge < -0.3 is 14.2 Å². The fraction of sp³-hybridized carbons (Fsp3) is 0.480. The number of carbonyl (C=O) groups is 1. The molecule has 164 valence electrons. The van der Waals surface area contributed by atoms with Crippen LogP contribution >= 0.6 is 8.58 Å². The third-order valence-corrected chi connectivity index (χ3v) is 6.03. The molecule has 0 amide bonds. The molecule has 0 saturated carbocycles. The summed E-state index contributed by atoms with van der Waals surface area (Å²) in [7, 11) is -0.0968. The van der Waals surface area contributed by atoms with Crippen LogP contribution in [0.3, 0.4) is 0 Å². The van der Waals surface area contributed by atoms with Gasteiger partial charge in [-0.25, -0.2) is 0 Å². The van der Waals surface area contributed by atoms with Gasteiger partial charge in [0.25, 0.3) is 0 Å². The zero-order valence-corrected chi connectivity index (χ0v) is 20.6. The predicted octanol–water partition coefficient (Wildman–Crippen LogP) is 5.94. The van der Waals surface area contributed by atoms with Crippen molar-refractivity contribution in [3.8, 4) is 17.2 Å². The molecule has 0 radical (unpaired) electrons. The number of hydrogen-bond acceptors (Lipinski definition) is 4. The number of rotatable bonds is 9. The molecule has 0 N–H and O–H groups in total. The molecule has 0 aromatic heterocycles. The van der Waals surface area contributed by atoms with Crippen molar-refractivity contribution in [3.63, 3.8) is 0 Å². The molecule has 4 nitrogen and oxygen atoms in total. The lowest BCUT2D eigenvalue weighted by atomic mass is 9.84. The molecule has 0 bridgehead atoms. The highest BCUT2D eigenvalue weighted by Crippen LogP contribution is 2.36. The Morgan fingerprint density at radius 2 is 1.30 bits per heavy atom. The summed E-state index contributed by atoms with van der Waals surface area (Å²) in [6.07, 6.45) is 0. The summed E-state index contributed by atoms with van der Waals surface area (Å²) < 4.78 is 17.4. The van der Waals surface area contributed by atoms with Gasteiger partial charge in [-0.15, -0.1) is 0 Å². The predicted molar refractivity (Wildman–Crippen MR) is 127 cm³/mol. The molecule has 0 aliphatic heterocycles. The minimum atomic E-state index is -0.0968. The van der Waals surface area contributed by atoms with Crippen LogP contribution in [0.2, 0.25) is 0 Å². The third kappa shape index (κ3) is 5.76. The SMILES string of the molecule is CCOc1cc(OCC)c(PC(=O)c2c(C)cc(C(C)(C)C)cc2C)c(OCC)c1. The van der Waals surface area contributed by atoms with Crippen LogP contribution < -0.4 is 19.5 Å². The van der Waals surface area contributed by atoms with Crippen molar-refractivity contribution in [1.82, 2.24) is 0 Å². The first-order valence-corrected chi connectivity index (χ1v) is 11.6. The molecule has 0 saturated heterocycles. The van der Waals surface area contributed by atoms with E-state index in [0.717, 1.165) is 22.0 Å². The van der Waals surface area contributed by atoms with E-state index in [9.17, 15) is 4.79 Å². The number of hydrogen-bond donors (Lipinski definition) is 0. The Hall–Kier alpha value is -2.06. The first kappa shape index (κ1) is 24.2. The van der Waals surface area contributed by atoms with E-state index in [1.165, 1.54) is 5.56 Å². The zero-order valence-electron chi connectivity index (χ0n) is 19.6. The van der Waals surface area contributed by atoms with Gasteiger partial charge in [-0.05, 0) is 65.3 Å². The highest BCUT2D eigenvalue weighted by Gasteiger charge is 2.23. The highest BCUT2D eigenvalue weighted by atomic mass is 31.1. The van der Waals surface area contributed by atoms with Gasteiger partial charge in [0.2, 0.25) is 0 Å². The number of aryl methyl sites for hydroxylation is 2. The standard InChI is InChI=1S/C25H35O4P/c1-9-27-19-14-20(28-10-2)23(21(15-19)29-11-3)30-24(26)22-16(4)12-18(13-17(22)5)25(6,7)8/h12-15,30H,9-11H2,1-8H3. The molecule has 2 aromatic rings. The Kier molecular flexibility index (Phi) is 8.32. The van der Waals surface area contributed by atoms with Crippen LogP contribution in [-0.2, 0) is 5.41 Å². The van der Waals surface area contributed by atoms with Crippen molar-refractivity contribution >= 4 is 19.4 Å². The van der Waals surface area contributed by atoms with Crippen LogP contribution in [-0.4, -0.2) is 25.3 Å². The second-order valence-electron chi connectivity index (χ2n) is 8.28. The molecule has 0 spiro atoms. The summed E-state index contributed by atoms with van der Waals surface area (Å²) in [4.78, 5) is 13.4. The van der Waals surface area contributed by atoms with E-state index < -0.39 is 0 Å². The average Bonchev–Trinajstić information content (AvgIpc) is 2.63.